The zero-order valence-electron chi connectivity index (χ0n) is 15.9. The molecule has 1 fully saturated rings. The number of aliphatic hydroxyl groups is 1. The van der Waals surface area contributed by atoms with Gasteiger partial charge in [0, 0.05) is 31.8 Å². The maximum absolute atomic E-state index is 13.5. The molecule has 0 amide bonds. The van der Waals surface area contributed by atoms with Crippen molar-refractivity contribution in [3.05, 3.63) is 29.7 Å². The Labute approximate surface area is 153 Å². The van der Waals surface area contributed by atoms with Crippen molar-refractivity contribution in [2.24, 2.45) is 0 Å². The summed E-state index contributed by atoms with van der Waals surface area (Å²) in [7, 11) is 1.88. The summed E-state index contributed by atoms with van der Waals surface area (Å²) in [5.74, 6) is 0.545. The van der Waals surface area contributed by atoms with Crippen LogP contribution < -0.4 is 10.2 Å². The number of nitrogens with one attached hydrogen (secondary N) is 1. The highest BCUT2D eigenvalue weighted by Crippen LogP contribution is 2.31. The maximum Gasteiger partial charge on any atom is 0.185 e. The van der Waals surface area contributed by atoms with Gasteiger partial charge in [0.2, 0.25) is 0 Å². The van der Waals surface area contributed by atoms with Crippen LogP contribution in [0.3, 0.4) is 0 Å². The molecule has 1 atom stereocenters. The van der Waals surface area contributed by atoms with Crippen LogP contribution in [-0.2, 0) is 4.74 Å². The average Bonchev–Trinajstić information content (AvgIpc) is 2.54. The molecule has 2 N–H and O–H groups in total. The quantitative estimate of drug-likeness (QED) is 0.854. The van der Waals surface area contributed by atoms with Gasteiger partial charge in [-0.15, -0.1) is 10.2 Å². The lowest BCUT2D eigenvalue weighted by Crippen LogP contribution is -2.63. The highest BCUT2D eigenvalue weighted by Gasteiger charge is 2.40. The third-order valence-electron chi connectivity index (χ3n) is 4.55. The van der Waals surface area contributed by atoms with Gasteiger partial charge in [-0.25, -0.2) is 9.37 Å². The molecule has 0 saturated carbocycles. The number of aromatic nitrogens is 3. The maximum atomic E-state index is 13.5. The first-order valence-electron chi connectivity index (χ1n) is 8.75. The first kappa shape index (κ1) is 18.7. The number of allylic oxidation sites excluding steroid dienone is 4. The van der Waals surface area contributed by atoms with Crippen molar-refractivity contribution in [2.75, 3.05) is 11.9 Å². The van der Waals surface area contributed by atoms with Crippen molar-refractivity contribution in [2.45, 2.75) is 64.4 Å². The molecule has 1 aliphatic heterocycles. The van der Waals surface area contributed by atoms with Gasteiger partial charge in [-0.2, -0.15) is 0 Å². The number of rotatable bonds is 3. The van der Waals surface area contributed by atoms with Crippen LogP contribution in [0.25, 0.3) is 5.57 Å². The molecule has 0 spiro atoms. The van der Waals surface area contributed by atoms with E-state index in [-0.39, 0.29) is 47.6 Å². The Morgan fingerprint density at radius 3 is 2.62 bits per heavy atom. The fraction of sp³-hybridized carbons (Fsp3) is 0.611. The zero-order chi connectivity index (χ0) is 19.1. The first-order chi connectivity index (χ1) is 12.1. The monoisotopic (exact) mass is 363 g/mol. The molecule has 7 nitrogen and oxygen atoms in total. The molecule has 26 heavy (non-hydrogen) atoms. The highest BCUT2D eigenvalue weighted by molar-refractivity contribution is 5.72. The molecule has 1 aliphatic carbocycles. The van der Waals surface area contributed by atoms with Crippen LogP contribution in [0, 0.1) is 0 Å². The molecule has 1 saturated heterocycles. The van der Waals surface area contributed by atoms with Gasteiger partial charge < -0.3 is 14.7 Å². The number of hydrogen-bond donors (Lipinski definition) is 2. The Hall–Kier alpha value is -2.06. The van der Waals surface area contributed by atoms with Gasteiger partial charge in [0.25, 0.3) is 0 Å². The SMILES string of the molecule is CN(c1cnc(C2=C(O)CCC(F)=C2)nn1)[C@H]1CC(C)(C)NC(C)(C)O1. The van der Waals surface area contributed by atoms with Gasteiger partial charge in [0.05, 0.1) is 11.8 Å². The molecular weight excluding hydrogens is 337 g/mol. The van der Waals surface area contributed by atoms with Crippen LogP contribution in [0.5, 0.6) is 0 Å². The Bertz CT molecular complexity index is 726. The molecular formula is C18H26FN5O2. The summed E-state index contributed by atoms with van der Waals surface area (Å²) < 4.78 is 19.6. The van der Waals surface area contributed by atoms with E-state index in [2.05, 4.69) is 34.3 Å². The third kappa shape index (κ3) is 4.02. The molecule has 1 aromatic heterocycles. The largest absolute Gasteiger partial charge is 0.512 e. The summed E-state index contributed by atoms with van der Waals surface area (Å²) in [5, 5.41) is 21.7. The van der Waals surface area contributed by atoms with Crippen molar-refractivity contribution in [1.29, 1.82) is 0 Å². The van der Waals surface area contributed by atoms with Crippen LogP contribution in [-0.4, -0.2) is 44.8 Å². The second kappa shape index (κ2) is 6.59. The summed E-state index contributed by atoms with van der Waals surface area (Å²) in [6.07, 6.45) is 3.84. The Balaban J connectivity index is 1.80. The van der Waals surface area contributed by atoms with Crippen LogP contribution in [0.15, 0.2) is 23.9 Å². The predicted octanol–water partition coefficient (Wildman–Crippen LogP) is 3.07. The lowest BCUT2D eigenvalue weighted by Gasteiger charge is -2.48. The lowest BCUT2D eigenvalue weighted by atomic mass is 9.94. The average molecular weight is 363 g/mol. The van der Waals surface area contributed by atoms with E-state index in [1.54, 1.807) is 6.20 Å². The zero-order valence-corrected chi connectivity index (χ0v) is 15.9. The molecule has 8 heteroatoms. The molecule has 1 aromatic rings. The van der Waals surface area contributed by atoms with Crippen molar-refractivity contribution in [3.63, 3.8) is 0 Å². The number of halogens is 1. The second-order valence-electron chi connectivity index (χ2n) is 8.00. The summed E-state index contributed by atoms with van der Waals surface area (Å²) in [6.45, 7) is 8.23. The van der Waals surface area contributed by atoms with Gasteiger partial charge in [0.1, 0.15) is 23.5 Å². The van der Waals surface area contributed by atoms with E-state index >= 15 is 0 Å². The van der Waals surface area contributed by atoms with Gasteiger partial charge >= 0.3 is 0 Å². The number of nitrogens with zero attached hydrogens (tertiary/aromatic N) is 4. The number of ether oxygens (including phenoxy) is 1. The van der Waals surface area contributed by atoms with Crippen LogP contribution in [0.2, 0.25) is 0 Å². The van der Waals surface area contributed by atoms with E-state index in [1.807, 2.05) is 25.8 Å². The fourth-order valence-corrected chi connectivity index (χ4v) is 3.51. The summed E-state index contributed by atoms with van der Waals surface area (Å²) in [5.41, 5.74) is -0.277. The molecule has 2 aliphatic rings. The summed E-state index contributed by atoms with van der Waals surface area (Å²) in [4.78, 5) is 6.15. The normalized spacial score (nSPS) is 25.0. The molecule has 0 aromatic carbocycles. The van der Waals surface area contributed by atoms with E-state index in [0.29, 0.717) is 5.82 Å². The molecule has 142 valence electrons. The minimum Gasteiger partial charge on any atom is -0.512 e. The lowest BCUT2D eigenvalue weighted by molar-refractivity contribution is -0.149. The number of hydrogen-bond acceptors (Lipinski definition) is 7. The van der Waals surface area contributed by atoms with E-state index in [1.165, 1.54) is 6.08 Å². The molecule has 0 unspecified atom stereocenters. The van der Waals surface area contributed by atoms with E-state index in [9.17, 15) is 9.50 Å². The molecule has 3 rings (SSSR count). The Kier molecular flexibility index (Phi) is 4.74. The second-order valence-corrected chi connectivity index (χ2v) is 8.00. The predicted molar refractivity (Wildman–Crippen MR) is 97.0 cm³/mol. The van der Waals surface area contributed by atoms with Gasteiger partial charge in [-0.1, -0.05) is 0 Å². The van der Waals surface area contributed by atoms with E-state index in [0.717, 1.165) is 6.42 Å². The number of aliphatic hydroxyl groups excluding tert-OH is 1. The van der Waals surface area contributed by atoms with Crippen molar-refractivity contribution < 1.29 is 14.2 Å². The third-order valence-corrected chi connectivity index (χ3v) is 4.55. The Morgan fingerprint density at radius 2 is 2.00 bits per heavy atom. The number of anilines is 1. The van der Waals surface area contributed by atoms with Crippen molar-refractivity contribution in [1.82, 2.24) is 20.5 Å². The summed E-state index contributed by atoms with van der Waals surface area (Å²) >= 11 is 0. The van der Waals surface area contributed by atoms with Crippen LogP contribution in [0.4, 0.5) is 10.2 Å². The smallest absolute Gasteiger partial charge is 0.185 e. The fourth-order valence-electron chi connectivity index (χ4n) is 3.51. The first-order valence-corrected chi connectivity index (χ1v) is 8.75. The minimum atomic E-state index is -0.470. The highest BCUT2D eigenvalue weighted by atomic mass is 19.1. The standard InChI is InChI=1S/C18H26FN5O2/c1-17(2)9-15(26-18(3,4)23-17)24(5)14-10-20-16(22-21-14)12-8-11(19)6-7-13(12)25/h8,10,15,23,25H,6-7,9H2,1-5H3/t15-/m1/s1. The molecule has 2 heterocycles. The van der Waals surface area contributed by atoms with Gasteiger partial charge in [0.15, 0.2) is 11.6 Å². The van der Waals surface area contributed by atoms with Gasteiger partial charge in [-0.3, -0.25) is 5.32 Å². The topological polar surface area (TPSA) is 83.4 Å². The summed E-state index contributed by atoms with van der Waals surface area (Å²) in [6, 6.07) is 0. The van der Waals surface area contributed by atoms with Crippen LogP contribution in [0.1, 0.15) is 52.8 Å². The molecule has 0 bridgehead atoms. The van der Waals surface area contributed by atoms with Crippen LogP contribution >= 0.6 is 0 Å². The van der Waals surface area contributed by atoms with Gasteiger partial charge in [-0.05, 0) is 33.8 Å². The van der Waals surface area contributed by atoms with E-state index < -0.39 is 5.72 Å². The van der Waals surface area contributed by atoms with E-state index in [4.69, 9.17) is 4.74 Å². The van der Waals surface area contributed by atoms with Crippen molar-refractivity contribution >= 4 is 11.4 Å². The van der Waals surface area contributed by atoms with Crippen molar-refractivity contribution in [3.8, 4) is 0 Å². The Morgan fingerprint density at radius 1 is 1.27 bits per heavy atom. The molecule has 0 radical (unpaired) electrons. The minimum absolute atomic E-state index is 0.0829.